The molecule has 1 aromatic heterocycles. The van der Waals surface area contributed by atoms with E-state index in [0.717, 1.165) is 29.3 Å². The Bertz CT molecular complexity index is 1100. The third-order valence-electron chi connectivity index (χ3n) is 6.04. The number of nitrogens with zero attached hydrogens (tertiary/aromatic N) is 4. The van der Waals surface area contributed by atoms with Gasteiger partial charge in [0.05, 0.1) is 14.2 Å². The average Bonchev–Trinajstić information content (AvgIpc) is 2.85. The molecular weight excluding hydrogens is 416 g/mol. The van der Waals surface area contributed by atoms with E-state index in [1.165, 1.54) is 5.56 Å². The number of aryl methyl sites for hydroxylation is 2. The number of methoxy groups -OCH3 is 2. The number of hydrogen-bond acceptors (Lipinski definition) is 6. The first-order valence-corrected chi connectivity index (χ1v) is 11.1. The number of amides is 1. The van der Waals surface area contributed by atoms with Crippen LogP contribution in [0.5, 0.6) is 11.5 Å². The van der Waals surface area contributed by atoms with Crippen LogP contribution in [0.1, 0.15) is 33.0 Å². The average molecular weight is 447 g/mol. The molecule has 172 valence electrons. The molecule has 1 saturated heterocycles. The van der Waals surface area contributed by atoms with E-state index in [9.17, 15) is 4.79 Å². The number of piperazine rings is 1. The molecule has 0 N–H and O–H groups in total. The number of rotatable bonds is 6. The van der Waals surface area contributed by atoms with Crippen LogP contribution in [0.3, 0.4) is 0 Å². The molecule has 0 aliphatic carbocycles. The predicted molar refractivity (Wildman–Crippen MR) is 128 cm³/mol. The third kappa shape index (κ3) is 4.77. The molecule has 4 rings (SSSR count). The quantitative estimate of drug-likeness (QED) is 0.576. The lowest BCUT2D eigenvalue weighted by molar-refractivity contribution is 0.0739. The van der Waals surface area contributed by atoms with Gasteiger partial charge >= 0.3 is 0 Å². The summed E-state index contributed by atoms with van der Waals surface area (Å²) in [6, 6.07) is 15.8. The molecule has 1 amide bonds. The Morgan fingerprint density at radius 2 is 1.52 bits per heavy atom. The van der Waals surface area contributed by atoms with Crippen molar-refractivity contribution in [3.63, 3.8) is 0 Å². The van der Waals surface area contributed by atoms with Crippen LogP contribution in [0, 0.1) is 13.8 Å². The maximum Gasteiger partial charge on any atom is 0.261 e. The summed E-state index contributed by atoms with van der Waals surface area (Å²) in [4.78, 5) is 26.9. The van der Waals surface area contributed by atoms with Gasteiger partial charge in [0, 0.05) is 43.9 Å². The number of anilines is 1. The molecule has 7 heteroatoms. The van der Waals surface area contributed by atoms with Crippen molar-refractivity contribution in [1.82, 2.24) is 14.9 Å². The lowest BCUT2D eigenvalue weighted by atomic mass is 10.0. The van der Waals surface area contributed by atoms with E-state index in [1.807, 2.05) is 30.9 Å². The van der Waals surface area contributed by atoms with Crippen molar-refractivity contribution >= 4 is 11.7 Å². The second kappa shape index (κ2) is 9.90. The number of aromatic nitrogens is 2. The van der Waals surface area contributed by atoms with Crippen LogP contribution in [0.25, 0.3) is 0 Å². The number of ether oxygens (including phenoxy) is 2. The maximum absolute atomic E-state index is 13.3. The molecule has 2 heterocycles. The molecule has 0 saturated carbocycles. The van der Waals surface area contributed by atoms with Gasteiger partial charge in [0.2, 0.25) is 0 Å². The lowest BCUT2D eigenvalue weighted by Crippen LogP contribution is -2.49. The predicted octanol–water partition coefficient (Wildman–Crippen LogP) is 3.66. The SMILES string of the molecule is COc1cccc(OC)c1C(=O)N1CCN(c2nc(C)nc(C)c2Cc2ccccc2)CC1. The Morgan fingerprint density at radius 3 is 2.12 bits per heavy atom. The van der Waals surface area contributed by atoms with E-state index < -0.39 is 0 Å². The highest BCUT2D eigenvalue weighted by Crippen LogP contribution is 2.31. The van der Waals surface area contributed by atoms with Gasteiger partial charge in [-0.25, -0.2) is 9.97 Å². The molecule has 3 aromatic rings. The van der Waals surface area contributed by atoms with Gasteiger partial charge in [-0.3, -0.25) is 4.79 Å². The second-order valence-corrected chi connectivity index (χ2v) is 8.14. The molecule has 1 fully saturated rings. The highest BCUT2D eigenvalue weighted by atomic mass is 16.5. The van der Waals surface area contributed by atoms with Crippen LogP contribution in [-0.4, -0.2) is 61.2 Å². The molecular formula is C26H30N4O3. The Balaban J connectivity index is 1.55. The second-order valence-electron chi connectivity index (χ2n) is 8.14. The summed E-state index contributed by atoms with van der Waals surface area (Å²) < 4.78 is 10.9. The lowest BCUT2D eigenvalue weighted by Gasteiger charge is -2.37. The van der Waals surface area contributed by atoms with E-state index in [-0.39, 0.29) is 5.91 Å². The first-order valence-electron chi connectivity index (χ1n) is 11.1. The summed E-state index contributed by atoms with van der Waals surface area (Å²) in [6.07, 6.45) is 0.778. The van der Waals surface area contributed by atoms with Gasteiger partial charge < -0.3 is 19.3 Å². The van der Waals surface area contributed by atoms with E-state index in [4.69, 9.17) is 14.5 Å². The minimum Gasteiger partial charge on any atom is -0.496 e. The van der Waals surface area contributed by atoms with Crippen molar-refractivity contribution in [2.75, 3.05) is 45.3 Å². The van der Waals surface area contributed by atoms with Crippen molar-refractivity contribution in [3.05, 3.63) is 76.7 Å². The molecule has 0 spiro atoms. The van der Waals surface area contributed by atoms with Crippen LogP contribution < -0.4 is 14.4 Å². The van der Waals surface area contributed by atoms with Gasteiger partial charge in [0.25, 0.3) is 5.91 Å². The van der Waals surface area contributed by atoms with Crippen LogP contribution in [0.4, 0.5) is 5.82 Å². The number of carbonyl (C=O) groups is 1. The molecule has 0 bridgehead atoms. The smallest absolute Gasteiger partial charge is 0.261 e. The van der Waals surface area contributed by atoms with Gasteiger partial charge in [-0.15, -0.1) is 0 Å². The molecule has 1 aliphatic heterocycles. The van der Waals surface area contributed by atoms with Gasteiger partial charge in [-0.1, -0.05) is 36.4 Å². The highest BCUT2D eigenvalue weighted by Gasteiger charge is 2.28. The summed E-state index contributed by atoms with van der Waals surface area (Å²) in [6.45, 7) is 6.54. The summed E-state index contributed by atoms with van der Waals surface area (Å²) in [7, 11) is 3.13. The Labute approximate surface area is 195 Å². The largest absolute Gasteiger partial charge is 0.496 e. The van der Waals surface area contributed by atoms with Gasteiger partial charge in [-0.05, 0) is 31.5 Å². The highest BCUT2D eigenvalue weighted by molar-refractivity contribution is 5.99. The normalized spacial score (nSPS) is 13.7. The number of carbonyl (C=O) groups excluding carboxylic acids is 1. The molecule has 2 aromatic carbocycles. The fraction of sp³-hybridized carbons (Fsp3) is 0.346. The van der Waals surface area contributed by atoms with Gasteiger partial charge in [-0.2, -0.15) is 0 Å². The van der Waals surface area contributed by atoms with E-state index in [1.54, 1.807) is 26.4 Å². The van der Waals surface area contributed by atoms with Crippen LogP contribution >= 0.6 is 0 Å². The first kappa shape index (κ1) is 22.6. The molecule has 0 unspecified atom stereocenters. The Kier molecular flexibility index (Phi) is 6.77. The summed E-state index contributed by atoms with van der Waals surface area (Å²) in [5.41, 5.74) is 3.83. The van der Waals surface area contributed by atoms with Gasteiger partial charge in [0.1, 0.15) is 28.7 Å². The van der Waals surface area contributed by atoms with Crippen molar-refractivity contribution < 1.29 is 14.3 Å². The summed E-state index contributed by atoms with van der Waals surface area (Å²) in [5, 5.41) is 0. The number of hydrogen-bond donors (Lipinski definition) is 0. The minimum absolute atomic E-state index is 0.0801. The Hall–Kier alpha value is -3.61. The van der Waals surface area contributed by atoms with Crippen molar-refractivity contribution in [2.45, 2.75) is 20.3 Å². The van der Waals surface area contributed by atoms with Crippen LogP contribution in [0.15, 0.2) is 48.5 Å². The molecule has 0 radical (unpaired) electrons. The zero-order valence-electron chi connectivity index (χ0n) is 19.7. The fourth-order valence-electron chi connectivity index (χ4n) is 4.33. The van der Waals surface area contributed by atoms with Crippen molar-refractivity contribution in [3.8, 4) is 11.5 Å². The summed E-state index contributed by atoms with van der Waals surface area (Å²) >= 11 is 0. The summed E-state index contributed by atoms with van der Waals surface area (Å²) in [5.74, 6) is 2.69. The monoisotopic (exact) mass is 446 g/mol. The standard InChI is InChI=1S/C26H30N4O3/c1-18-21(17-20-9-6-5-7-10-20)25(28-19(2)27-18)29-13-15-30(16-14-29)26(31)24-22(32-3)11-8-12-23(24)33-4/h5-12H,13-17H2,1-4H3. The maximum atomic E-state index is 13.3. The van der Waals surface area contributed by atoms with E-state index >= 15 is 0 Å². The molecule has 33 heavy (non-hydrogen) atoms. The topological polar surface area (TPSA) is 67.8 Å². The third-order valence-corrected chi connectivity index (χ3v) is 6.04. The van der Waals surface area contributed by atoms with Crippen molar-refractivity contribution in [2.24, 2.45) is 0 Å². The minimum atomic E-state index is -0.0801. The number of benzene rings is 2. The van der Waals surface area contributed by atoms with Crippen LogP contribution in [0.2, 0.25) is 0 Å². The molecule has 1 aliphatic rings. The first-order chi connectivity index (χ1) is 16.0. The zero-order chi connectivity index (χ0) is 23.4. The van der Waals surface area contributed by atoms with Gasteiger partial charge in [0.15, 0.2) is 0 Å². The Morgan fingerprint density at radius 1 is 0.879 bits per heavy atom. The fourth-order valence-corrected chi connectivity index (χ4v) is 4.33. The van der Waals surface area contributed by atoms with E-state index in [0.29, 0.717) is 43.2 Å². The zero-order valence-corrected chi connectivity index (χ0v) is 19.7. The van der Waals surface area contributed by atoms with Crippen molar-refractivity contribution in [1.29, 1.82) is 0 Å². The van der Waals surface area contributed by atoms with E-state index in [2.05, 4.69) is 34.1 Å². The molecule has 0 atom stereocenters. The van der Waals surface area contributed by atoms with Crippen LogP contribution in [-0.2, 0) is 6.42 Å². The molecule has 7 nitrogen and oxygen atoms in total.